The number of carbonyl (C=O) groups excluding carboxylic acids is 2. The van der Waals surface area contributed by atoms with Crippen LogP contribution in [0.1, 0.15) is 31.4 Å². The maximum Gasteiger partial charge on any atom is 0.295 e. The van der Waals surface area contributed by atoms with Crippen LogP contribution in [0.25, 0.3) is 6.08 Å². The molecule has 6 nitrogen and oxygen atoms in total. The average Bonchev–Trinajstić information content (AvgIpc) is 2.95. The lowest BCUT2D eigenvalue weighted by Crippen LogP contribution is -2.35. The van der Waals surface area contributed by atoms with Gasteiger partial charge in [0.1, 0.15) is 5.75 Å². The highest BCUT2D eigenvalue weighted by atomic mass is 16.5. The number of benzene rings is 1. The van der Waals surface area contributed by atoms with Gasteiger partial charge in [0.05, 0.1) is 6.61 Å². The molecule has 1 aromatic carbocycles. The zero-order chi connectivity index (χ0) is 15.2. The van der Waals surface area contributed by atoms with E-state index in [0.29, 0.717) is 30.6 Å². The van der Waals surface area contributed by atoms with E-state index in [0.717, 1.165) is 6.42 Å². The molecular weight excluding hydrogens is 286 g/mol. The van der Waals surface area contributed by atoms with E-state index in [1.165, 1.54) is 17.0 Å². The number of amides is 1. The topological polar surface area (TPSA) is 87.1 Å². The largest absolute Gasteiger partial charge is 0.508 e. The molecule has 120 valence electrons. The molecule has 0 aliphatic carbocycles. The lowest BCUT2D eigenvalue weighted by Gasteiger charge is -2.21. The van der Waals surface area contributed by atoms with Gasteiger partial charge in [-0.1, -0.05) is 13.5 Å². The van der Waals surface area contributed by atoms with Crippen molar-refractivity contribution < 1.29 is 24.5 Å². The van der Waals surface area contributed by atoms with Crippen molar-refractivity contribution in [1.29, 1.82) is 0 Å². The predicted molar refractivity (Wildman–Crippen MR) is 81.7 cm³/mol. The van der Waals surface area contributed by atoms with Crippen LogP contribution in [-0.2, 0) is 20.9 Å². The molecule has 0 saturated carbocycles. The molecule has 0 radical (unpaired) electrons. The first-order chi connectivity index (χ1) is 10.2. The molecule has 0 spiro atoms. The van der Waals surface area contributed by atoms with Gasteiger partial charge >= 0.3 is 0 Å². The van der Waals surface area contributed by atoms with Crippen molar-refractivity contribution in [3.8, 4) is 5.75 Å². The Labute approximate surface area is 129 Å². The highest BCUT2D eigenvalue weighted by molar-refractivity contribution is 5.92. The zero-order valence-corrected chi connectivity index (χ0v) is 11.4. The molecule has 1 aromatic rings. The van der Waals surface area contributed by atoms with Crippen LogP contribution in [-0.4, -0.2) is 40.3 Å². The first kappa shape index (κ1) is 17.7. The fourth-order valence-electron chi connectivity index (χ4n) is 2.29. The van der Waals surface area contributed by atoms with Gasteiger partial charge in [0.15, 0.2) is 6.23 Å². The van der Waals surface area contributed by atoms with Gasteiger partial charge in [0, 0.05) is 24.6 Å². The van der Waals surface area contributed by atoms with Crippen LogP contribution in [0.3, 0.4) is 0 Å². The van der Waals surface area contributed by atoms with Gasteiger partial charge in [-0.3, -0.25) is 9.59 Å². The van der Waals surface area contributed by atoms with Crippen molar-refractivity contribution in [1.82, 2.24) is 4.90 Å². The first-order valence-corrected chi connectivity index (χ1v) is 6.66. The lowest BCUT2D eigenvalue weighted by molar-refractivity contribution is -0.147. The number of hydrogen-bond donors (Lipinski definition) is 2. The third kappa shape index (κ3) is 4.08. The van der Waals surface area contributed by atoms with Crippen molar-refractivity contribution in [3.63, 3.8) is 0 Å². The van der Waals surface area contributed by atoms with Crippen LogP contribution in [0, 0.1) is 0 Å². The Bertz CT molecular complexity index is 555. The quantitative estimate of drug-likeness (QED) is 0.638. The van der Waals surface area contributed by atoms with Crippen molar-refractivity contribution >= 4 is 18.5 Å². The number of rotatable bonds is 5. The molecule has 22 heavy (non-hydrogen) atoms. The van der Waals surface area contributed by atoms with Crippen LogP contribution in [0.15, 0.2) is 24.3 Å². The Morgan fingerprint density at radius 1 is 1.45 bits per heavy atom. The molecule has 1 unspecified atom stereocenters. The van der Waals surface area contributed by atoms with E-state index in [1.807, 2.05) is 0 Å². The van der Waals surface area contributed by atoms with Crippen LogP contribution < -0.4 is 0 Å². The van der Waals surface area contributed by atoms with Gasteiger partial charge in [0.25, 0.3) is 6.47 Å². The summed E-state index contributed by atoms with van der Waals surface area (Å²) in [5, 5.41) is 18.5. The summed E-state index contributed by atoms with van der Waals surface area (Å²) in [5.41, 5.74) is 1.09. The van der Waals surface area contributed by atoms with Crippen molar-refractivity contribution in [2.75, 3.05) is 6.54 Å². The Morgan fingerprint density at radius 3 is 2.91 bits per heavy atom. The Hall–Kier alpha value is -2.34. The maximum absolute atomic E-state index is 12.1. The second-order valence-electron chi connectivity index (χ2n) is 4.74. The normalized spacial score (nSPS) is 17.3. The van der Waals surface area contributed by atoms with Crippen molar-refractivity contribution in [2.45, 2.75) is 33.1 Å². The number of phenols is 1. The summed E-state index contributed by atoms with van der Waals surface area (Å²) in [6.07, 6.45) is 3.93. The van der Waals surface area contributed by atoms with Crippen LogP contribution in [0.4, 0.5) is 0 Å². The van der Waals surface area contributed by atoms with E-state index in [2.05, 4.69) is 0 Å². The number of hydrogen-bond acceptors (Lipinski definition) is 5. The lowest BCUT2D eigenvalue weighted by atomic mass is 10.1. The van der Waals surface area contributed by atoms with E-state index >= 15 is 0 Å². The van der Waals surface area contributed by atoms with Crippen LogP contribution in [0.5, 0.6) is 5.75 Å². The number of nitrogens with zero attached hydrogens (tertiary/aromatic N) is 1. The summed E-state index contributed by atoms with van der Waals surface area (Å²) in [4.78, 5) is 24.0. The van der Waals surface area contributed by atoms with E-state index < -0.39 is 6.23 Å². The first-order valence-electron chi connectivity index (χ1n) is 6.66. The molecule has 0 bridgehead atoms. The highest BCUT2D eigenvalue weighted by Gasteiger charge is 2.28. The van der Waals surface area contributed by atoms with Crippen molar-refractivity contribution in [3.05, 3.63) is 35.4 Å². The van der Waals surface area contributed by atoms with Gasteiger partial charge in [-0.2, -0.15) is 0 Å². The highest BCUT2D eigenvalue weighted by Crippen LogP contribution is 2.20. The van der Waals surface area contributed by atoms with Crippen LogP contribution >= 0.6 is 0 Å². The van der Waals surface area contributed by atoms with Gasteiger partial charge < -0.3 is 19.8 Å². The van der Waals surface area contributed by atoms with Crippen LogP contribution in [0.2, 0.25) is 0 Å². The molecular formula is C16H21NO5. The smallest absolute Gasteiger partial charge is 0.295 e. The molecule has 0 aromatic heterocycles. The minimum Gasteiger partial charge on any atom is -0.508 e. The van der Waals surface area contributed by atoms with Gasteiger partial charge in [-0.15, -0.1) is 0 Å². The standard InChI is InChI=1S/C15H17NO5.CH4/c17-9-12-8-11(3-5-13(12)19)4-6-14(20)16-7-1-2-15(16)21-10-18;/h3-6,8,10,15,17,19H,1-2,7,9H2;1H4/b6-4+;. The second kappa shape index (κ2) is 8.19. The van der Waals surface area contributed by atoms with E-state index in [-0.39, 0.29) is 25.7 Å². The number of carbonyl (C=O) groups is 2. The minimum atomic E-state index is -0.493. The van der Waals surface area contributed by atoms with Gasteiger partial charge in [-0.25, -0.2) is 0 Å². The summed E-state index contributed by atoms with van der Waals surface area (Å²) in [6.45, 7) is 0.634. The third-order valence-electron chi connectivity index (χ3n) is 3.39. The van der Waals surface area contributed by atoms with E-state index in [1.54, 1.807) is 18.2 Å². The predicted octanol–water partition coefficient (Wildman–Crippen LogP) is 1.66. The third-order valence-corrected chi connectivity index (χ3v) is 3.39. The average molecular weight is 307 g/mol. The molecule has 1 amide bonds. The number of aliphatic hydroxyl groups excluding tert-OH is 1. The molecule has 6 heteroatoms. The molecule has 1 saturated heterocycles. The summed E-state index contributed by atoms with van der Waals surface area (Å²) in [7, 11) is 0. The minimum absolute atomic E-state index is 0. The fourth-order valence-corrected chi connectivity index (χ4v) is 2.29. The molecule has 1 heterocycles. The summed E-state index contributed by atoms with van der Waals surface area (Å²) in [5.74, 6) is -0.224. The Morgan fingerprint density at radius 2 is 2.23 bits per heavy atom. The summed E-state index contributed by atoms with van der Waals surface area (Å²) < 4.78 is 4.87. The SMILES string of the molecule is C.O=COC1CCCN1C(=O)/C=C/c1ccc(O)c(CO)c1. The molecule has 1 atom stereocenters. The number of aliphatic hydroxyl groups is 1. The van der Waals surface area contributed by atoms with Gasteiger partial charge in [-0.05, 0) is 30.2 Å². The second-order valence-corrected chi connectivity index (χ2v) is 4.74. The summed E-state index contributed by atoms with van der Waals surface area (Å²) in [6, 6.07) is 4.70. The van der Waals surface area contributed by atoms with Gasteiger partial charge in [0.2, 0.25) is 5.91 Å². The number of likely N-dealkylation sites (tertiary alicyclic amines) is 1. The number of aromatic hydroxyl groups is 1. The number of ether oxygens (including phenoxy) is 1. The molecule has 1 aliphatic rings. The maximum atomic E-state index is 12.1. The Kier molecular flexibility index (Phi) is 6.59. The van der Waals surface area contributed by atoms with Crippen molar-refractivity contribution in [2.24, 2.45) is 0 Å². The fraction of sp³-hybridized carbons (Fsp3) is 0.375. The molecule has 1 fully saturated rings. The monoisotopic (exact) mass is 307 g/mol. The molecule has 2 N–H and O–H groups in total. The summed E-state index contributed by atoms with van der Waals surface area (Å²) >= 11 is 0. The van der Waals surface area contributed by atoms with E-state index in [4.69, 9.17) is 9.84 Å². The molecule has 1 aliphatic heterocycles. The Balaban J connectivity index is 0.00000242. The van der Waals surface area contributed by atoms with E-state index in [9.17, 15) is 14.7 Å². The zero-order valence-electron chi connectivity index (χ0n) is 11.4. The molecule has 2 rings (SSSR count).